The van der Waals surface area contributed by atoms with Gasteiger partial charge in [0.15, 0.2) is 0 Å². The summed E-state index contributed by atoms with van der Waals surface area (Å²) in [5.74, 6) is 1.53. The van der Waals surface area contributed by atoms with Crippen LogP contribution in [0.2, 0.25) is 0 Å². The van der Waals surface area contributed by atoms with Crippen molar-refractivity contribution >= 4 is 16.9 Å². The largest absolute Gasteiger partial charge is 0.497 e. The molecule has 0 aliphatic carbocycles. The fourth-order valence-electron chi connectivity index (χ4n) is 5.32. The molecule has 3 aliphatic heterocycles. The first kappa shape index (κ1) is 20.7. The van der Waals surface area contributed by atoms with Crippen LogP contribution >= 0.6 is 0 Å². The zero-order valence-corrected chi connectivity index (χ0v) is 18.3. The molecule has 32 heavy (non-hydrogen) atoms. The smallest absolute Gasteiger partial charge is 0.338 e. The number of carbonyl (C=O) groups excluding carboxylic acids is 1. The van der Waals surface area contributed by atoms with Gasteiger partial charge in [0.05, 0.1) is 24.2 Å². The summed E-state index contributed by atoms with van der Waals surface area (Å²) in [6.45, 7) is 6.03. The van der Waals surface area contributed by atoms with Gasteiger partial charge >= 0.3 is 5.97 Å². The Morgan fingerprint density at radius 3 is 2.78 bits per heavy atom. The number of nitrogens with zero attached hydrogens (tertiary/aromatic N) is 2. The molecular weight excluding hydrogens is 400 g/mol. The molecule has 0 saturated carbocycles. The van der Waals surface area contributed by atoms with Crippen molar-refractivity contribution in [3.05, 3.63) is 84.6 Å². The number of ether oxygens (including phenoxy) is 2. The molecule has 0 spiro atoms. The van der Waals surface area contributed by atoms with Crippen molar-refractivity contribution in [2.75, 3.05) is 20.2 Å². The van der Waals surface area contributed by atoms with Gasteiger partial charge in [-0.05, 0) is 67.6 Å². The Kier molecular flexibility index (Phi) is 5.66. The minimum atomic E-state index is -0.395. The van der Waals surface area contributed by atoms with E-state index in [-0.39, 0.29) is 12.0 Å². The number of hydrogen-bond donors (Lipinski definition) is 0. The standard InChI is InChI=1S/C27H28N2O3/c1-3-18-17-29-14-12-20(18)15-25(29)26(32-27(30)19-7-5-4-6-8-19)22-11-13-28-24-10-9-21(31-2)16-23(22)24/h3-11,13,16,18,20,25-26H,1,12,14-15,17H2,2H3/t18?,20?,25?,26-/m0/s1. The molecular formula is C27H28N2O3. The van der Waals surface area contributed by atoms with E-state index in [9.17, 15) is 4.79 Å². The Bertz CT molecular complexity index is 1130. The van der Waals surface area contributed by atoms with Crippen LogP contribution in [0.4, 0.5) is 0 Å². The first-order valence-corrected chi connectivity index (χ1v) is 11.2. The summed E-state index contributed by atoms with van der Waals surface area (Å²) in [4.78, 5) is 20.2. The molecule has 0 N–H and O–H groups in total. The maximum Gasteiger partial charge on any atom is 0.338 e. The summed E-state index contributed by atoms with van der Waals surface area (Å²) in [7, 11) is 1.66. The molecule has 3 saturated heterocycles. The van der Waals surface area contributed by atoms with Crippen molar-refractivity contribution in [1.82, 2.24) is 9.88 Å². The molecule has 1 aromatic heterocycles. The van der Waals surface area contributed by atoms with Gasteiger partial charge in [-0.1, -0.05) is 24.3 Å². The number of methoxy groups -OCH3 is 1. The lowest BCUT2D eigenvalue weighted by atomic mass is 9.73. The SMILES string of the molecule is C=CC1CN2CCC1CC2[C@@H](OC(=O)c1ccccc1)c1ccnc2ccc(OC)cc12. The van der Waals surface area contributed by atoms with Crippen LogP contribution in [-0.4, -0.2) is 42.1 Å². The van der Waals surface area contributed by atoms with Crippen LogP contribution in [0, 0.1) is 11.8 Å². The minimum absolute atomic E-state index is 0.120. The van der Waals surface area contributed by atoms with Crippen molar-refractivity contribution in [3.63, 3.8) is 0 Å². The van der Waals surface area contributed by atoms with Crippen LogP contribution in [0.3, 0.4) is 0 Å². The van der Waals surface area contributed by atoms with E-state index in [0.717, 1.165) is 48.1 Å². The Morgan fingerprint density at radius 1 is 1.22 bits per heavy atom. The number of fused-ring (bicyclic) bond motifs is 4. The molecule has 164 valence electrons. The van der Waals surface area contributed by atoms with E-state index < -0.39 is 6.10 Å². The van der Waals surface area contributed by atoms with E-state index in [0.29, 0.717) is 17.4 Å². The molecule has 3 fully saturated rings. The van der Waals surface area contributed by atoms with E-state index in [1.807, 2.05) is 42.5 Å². The lowest BCUT2D eigenvalue weighted by molar-refractivity contribution is -0.0568. The predicted octanol–water partition coefficient (Wildman–Crippen LogP) is 5.04. The van der Waals surface area contributed by atoms with Crippen LogP contribution in [0.1, 0.15) is 34.9 Å². The van der Waals surface area contributed by atoms with Gasteiger partial charge in [0.2, 0.25) is 0 Å². The summed E-state index contributed by atoms with van der Waals surface area (Å²) in [6.07, 6.45) is 5.64. The second-order valence-electron chi connectivity index (χ2n) is 8.72. The number of hydrogen-bond acceptors (Lipinski definition) is 5. The van der Waals surface area contributed by atoms with E-state index in [1.165, 1.54) is 0 Å². The number of benzene rings is 2. The van der Waals surface area contributed by atoms with Crippen LogP contribution in [0.25, 0.3) is 10.9 Å². The summed E-state index contributed by atoms with van der Waals surface area (Å²) >= 11 is 0. The van der Waals surface area contributed by atoms with Crippen molar-refractivity contribution < 1.29 is 14.3 Å². The second-order valence-corrected chi connectivity index (χ2v) is 8.72. The first-order chi connectivity index (χ1) is 15.7. The summed E-state index contributed by atoms with van der Waals surface area (Å²) in [5, 5.41) is 0.959. The van der Waals surface area contributed by atoms with Crippen LogP contribution in [0.5, 0.6) is 5.75 Å². The number of carbonyl (C=O) groups is 1. The van der Waals surface area contributed by atoms with Crippen LogP contribution in [0.15, 0.2) is 73.4 Å². The summed E-state index contributed by atoms with van der Waals surface area (Å²) < 4.78 is 11.8. The zero-order chi connectivity index (χ0) is 22.1. The van der Waals surface area contributed by atoms with Crippen molar-refractivity contribution in [2.45, 2.75) is 25.0 Å². The number of pyridine rings is 1. The molecule has 4 heterocycles. The molecule has 0 amide bonds. The average molecular weight is 429 g/mol. The van der Waals surface area contributed by atoms with E-state index >= 15 is 0 Å². The second kappa shape index (κ2) is 8.75. The summed E-state index contributed by atoms with van der Waals surface area (Å²) in [5.41, 5.74) is 2.41. The van der Waals surface area contributed by atoms with Crippen LogP contribution < -0.4 is 4.74 Å². The molecule has 0 radical (unpaired) electrons. The van der Waals surface area contributed by atoms with Gasteiger partial charge in [0.25, 0.3) is 0 Å². The highest BCUT2D eigenvalue weighted by Gasteiger charge is 2.44. The Balaban J connectivity index is 1.57. The van der Waals surface area contributed by atoms with Gasteiger partial charge in [0.1, 0.15) is 11.9 Å². The topological polar surface area (TPSA) is 51.7 Å². The lowest BCUT2D eigenvalue weighted by Crippen LogP contribution is -2.55. The maximum atomic E-state index is 13.2. The molecule has 3 aromatic rings. The zero-order valence-electron chi connectivity index (χ0n) is 18.3. The average Bonchev–Trinajstić information content (AvgIpc) is 2.87. The van der Waals surface area contributed by atoms with Gasteiger partial charge in [-0.2, -0.15) is 0 Å². The minimum Gasteiger partial charge on any atom is -0.497 e. The number of esters is 1. The van der Waals surface area contributed by atoms with Gasteiger partial charge in [-0.25, -0.2) is 4.79 Å². The van der Waals surface area contributed by atoms with Crippen molar-refractivity contribution in [2.24, 2.45) is 11.8 Å². The fourth-order valence-corrected chi connectivity index (χ4v) is 5.32. The molecule has 5 nitrogen and oxygen atoms in total. The molecule has 2 aromatic carbocycles. The highest BCUT2D eigenvalue weighted by atomic mass is 16.5. The maximum absolute atomic E-state index is 13.2. The number of piperidine rings is 3. The van der Waals surface area contributed by atoms with Gasteiger partial charge in [-0.15, -0.1) is 6.58 Å². The van der Waals surface area contributed by atoms with E-state index in [1.54, 1.807) is 25.4 Å². The van der Waals surface area contributed by atoms with E-state index in [4.69, 9.17) is 9.47 Å². The molecule has 5 atom stereocenters. The lowest BCUT2D eigenvalue weighted by Gasteiger charge is -2.51. The first-order valence-electron chi connectivity index (χ1n) is 11.2. The third kappa shape index (κ3) is 3.78. The predicted molar refractivity (Wildman–Crippen MR) is 125 cm³/mol. The van der Waals surface area contributed by atoms with Crippen molar-refractivity contribution in [1.29, 1.82) is 0 Å². The number of aromatic nitrogens is 1. The van der Waals surface area contributed by atoms with Gasteiger partial charge in [0, 0.05) is 23.7 Å². The summed E-state index contributed by atoms with van der Waals surface area (Å²) in [6, 6.07) is 17.2. The van der Waals surface area contributed by atoms with Crippen molar-refractivity contribution in [3.8, 4) is 5.75 Å². The number of rotatable bonds is 6. The Hall–Kier alpha value is -3.18. The molecule has 3 aliphatic rings. The molecule has 5 heteroatoms. The quantitative estimate of drug-likeness (QED) is 0.407. The van der Waals surface area contributed by atoms with E-state index in [2.05, 4.69) is 22.5 Å². The van der Waals surface area contributed by atoms with Crippen LogP contribution in [-0.2, 0) is 4.74 Å². The third-order valence-electron chi connectivity index (χ3n) is 7.04. The highest BCUT2D eigenvalue weighted by molar-refractivity contribution is 5.90. The molecule has 6 rings (SSSR count). The van der Waals surface area contributed by atoms with Gasteiger partial charge in [-0.3, -0.25) is 9.88 Å². The van der Waals surface area contributed by atoms with Gasteiger partial charge < -0.3 is 9.47 Å². The Morgan fingerprint density at radius 2 is 2.06 bits per heavy atom. The Labute approximate surface area is 188 Å². The normalized spacial score (nSPS) is 25.3. The molecule has 2 bridgehead atoms. The molecule has 4 unspecified atom stereocenters. The highest BCUT2D eigenvalue weighted by Crippen LogP contribution is 2.43. The monoisotopic (exact) mass is 428 g/mol. The fraction of sp³-hybridized carbons (Fsp3) is 0.333. The third-order valence-corrected chi connectivity index (χ3v) is 7.04.